The quantitative estimate of drug-likeness (QED) is 0.764. The SMILES string of the molecule is [CH2]C=CC(CCC)(c1ccc(OC)cc1)C1CCOCC1. The van der Waals surface area contributed by atoms with Crippen LogP contribution in [0.1, 0.15) is 38.2 Å². The van der Waals surface area contributed by atoms with Crippen molar-refractivity contribution >= 4 is 0 Å². The van der Waals surface area contributed by atoms with Crippen LogP contribution in [-0.4, -0.2) is 20.3 Å². The summed E-state index contributed by atoms with van der Waals surface area (Å²) < 4.78 is 10.9. The van der Waals surface area contributed by atoms with Gasteiger partial charge in [-0.25, -0.2) is 0 Å². The van der Waals surface area contributed by atoms with Crippen LogP contribution in [0.4, 0.5) is 0 Å². The second-order valence-corrected chi connectivity index (χ2v) is 5.81. The van der Waals surface area contributed by atoms with Gasteiger partial charge in [-0.1, -0.05) is 37.6 Å². The summed E-state index contributed by atoms with van der Waals surface area (Å²) >= 11 is 0. The summed E-state index contributed by atoms with van der Waals surface area (Å²) in [5.74, 6) is 1.53. The molecule has 1 atom stereocenters. The minimum atomic E-state index is 0.0759. The molecule has 1 aliphatic rings. The zero-order valence-electron chi connectivity index (χ0n) is 13.3. The fraction of sp³-hybridized carbons (Fsp3) is 0.526. The summed E-state index contributed by atoms with van der Waals surface area (Å²) in [4.78, 5) is 0. The molecule has 1 aromatic rings. The van der Waals surface area contributed by atoms with Crippen molar-refractivity contribution in [1.82, 2.24) is 0 Å². The zero-order valence-corrected chi connectivity index (χ0v) is 13.3. The smallest absolute Gasteiger partial charge is 0.118 e. The molecule has 0 N–H and O–H groups in total. The van der Waals surface area contributed by atoms with Crippen LogP contribution in [0.5, 0.6) is 5.75 Å². The third kappa shape index (κ3) is 3.49. The highest BCUT2D eigenvalue weighted by Gasteiger charge is 2.38. The van der Waals surface area contributed by atoms with E-state index < -0.39 is 0 Å². The van der Waals surface area contributed by atoms with E-state index in [9.17, 15) is 0 Å². The Bertz CT molecular complexity index is 443. The Hall–Kier alpha value is -1.28. The molecule has 1 fully saturated rings. The van der Waals surface area contributed by atoms with E-state index in [2.05, 4.69) is 44.2 Å². The maximum Gasteiger partial charge on any atom is 0.118 e. The van der Waals surface area contributed by atoms with Gasteiger partial charge in [0.15, 0.2) is 0 Å². The molecule has 1 saturated heterocycles. The number of rotatable bonds is 6. The van der Waals surface area contributed by atoms with Crippen molar-refractivity contribution in [1.29, 1.82) is 0 Å². The molecular formula is C19H27O2. The number of hydrogen-bond donors (Lipinski definition) is 0. The van der Waals surface area contributed by atoms with Gasteiger partial charge in [-0.2, -0.15) is 0 Å². The third-order valence-electron chi connectivity index (χ3n) is 4.66. The topological polar surface area (TPSA) is 18.5 Å². The molecule has 1 radical (unpaired) electrons. The van der Waals surface area contributed by atoms with Crippen molar-refractivity contribution in [3.05, 3.63) is 48.9 Å². The van der Waals surface area contributed by atoms with Gasteiger partial charge in [0.25, 0.3) is 0 Å². The summed E-state index contributed by atoms with van der Waals surface area (Å²) in [7, 11) is 1.71. The predicted molar refractivity (Wildman–Crippen MR) is 87.6 cm³/mol. The highest BCUT2D eigenvalue weighted by Crippen LogP contribution is 2.43. The Kier molecular flexibility index (Phi) is 5.86. The molecule has 1 aliphatic heterocycles. The largest absolute Gasteiger partial charge is 0.497 e. The average Bonchev–Trinajstić information content (AvgIpc) is 2.55. The van der Waals surface area contributed by atoms with Gasteiger partial charge in [-0.05, 0) is 49.8 Å². The predicted octanol–water partition coefficient (Wildman–Crippen LogP) is 4.55. The fourth-order valence-corrected chi connectivity index (χ4v) is 3.64. The van der Waals surface area contributed by atoms with Gasteiger partial charge in [0, 0.05) is 18.6 Å². The maximum atomic E-state index is 5.56. The van der Waals surface area contributed by atoms with E-state index in [1.807, 2.05) is 6.08 Å². The highest BCUT2D eigenvalue weighted by atomic mass is 16.5. The second-order valence-electron chi connectivity index (χ2n) is 5.81. The summed E-state index contributed by atoms with van der Waals surface area (Å²) in [6.07, 6.45) is 8.83. The summed E-state index contributed by atoms with van der Waals surface area (Å²) in [5, 5.41) is 0. The van der Waals surface area contributed by atoms with Gasteiger partial charge < -0.3 is 9.47 Å². The van der Waals surface area contributed by atoms with Gasteiger partial charge in [0.2, 0.25) is 0 Å². The van der Waals surface area contributed by atoms with Gasteiger partial charge in [-0.3, -0.25) is 0 Å². The normalized spacial score (nSPS) is 19.6. The van der Waals surface area contributed by atoms with E-state index in [4.69, 9.17) is 9.47 Å². The molecule has 0 spiro atoms. The molecule has 0 saturated carbocycles. The second kappa shape index (κ2) is 7.65. The molecule has 2 rings (SSSR count). The molecule has 1 aromatic carbocycles. The van der Waals surface area contributed by atoms with E-state index in [0.29, 0.717) is 5.92 Å². The zero-order chi connectivity index (χ0) is 15.1. The van der Waals surface area contributed by atoms with Crippen LogP contribution in [0, 0.1) is 12.8 Å². The Balaban J connectivity index is 2.40. The third-order valence-corrected chi connectivity index (χ3v) is 4.66. The van der Waals surface area contributed by atoms with Crippen LogP contribution in [0.3, 0.4) is 0 Å². The molecule has 1 heterocycles. The minimum absolute atomic E-state index is 0.0759. The molecule has 0 bridgehead atoms. The molecule has 2 heteroatoms. The van der Waals surface area contributed by atoms with Crippen LogP contribution in [0.25, 0.3) is 0 Å². The standard InChI is InChI=1S/C19H27O2/c1-4-12-19(13-5-2,17-10-14-21-15-11-17)16-6-8-18(20-3)9-7-16/h4,6-9,12,17H,1,5,10-11,13-15H2,2-3H3. The first-order valence-electron chi connectivity index (χ1n) is 7.96. The van der Waals surface area contributed by atoms with Crippen LogP contribution in [0.15, 0.2) is 36.4 Å². The van der Waals surface area contributed by atoms with Crippen LogP contribution in [-0.2, 0) is 10.2 Å². The molecule has 2 nitrogen and oxygen atoms in total. The summed E-state index contributed by atoms with van der Waals surface area (Å²) in [6.45, 7) is 7.97. The lowest BCUT2D eigenvalue weighted by Crippen LogP contribution is -2.37. The van der Waals surface area contributed by atoms with Crippen molar-refractivity contribution in [2.75, 3.05) is 20.3 Å². The number of methoxy groups -OCH3 is 1. The van der Waals surface area contributed by atoms with Crippen LogP contribution >= 0.6 is 0 Å². The van der Waals surface area contributed by atoms with Crippen LogP contribution < -0.4 is 4.74 Å². The van der Waals surface area contributed by atoms with E-state index in [-0.39, 0.29) is 5.41 Å². The Morgan fingerprint density at radius 1 is 1.29 bits per heavy atom. The van der Waals surface area contributed by atoms with Gasteiger partial charge in [0.1, 0.15) is 5.75 Å². The molecule has 1 unspecified atom stereocenters. The van der Waals surface area contributed by atoms with E-state index in [0.717, 1.165) is 44.6 Å². The molecular weight excluding hydrogens is 260 g/mol. The number of ether oxygens (including phenoxy) is 2. The van der Waals surface area contributed by atoms with Gasteiger partial charge in [0.05, 0.1) is 7.11 Å². The van der Waals surface area contributed by atoms with Crippen molar-refractivity contribution in [2.45, 2.75) is 38.0 Å². The van der Waals surface area contributed by atoms with E-state index >= 15 is 0 Å². The monoisotopic (exact) mass is 287 g/mol. The van der Waals surface area contributed by atoms with Crippen molar-refractivity contribution in [3.63, 3.8) is 0 Å². The Morgan fingerprint density at radius 2 is 1.95 bits per heavy atom. The van der Waals surface area contributed by atoms with Crippen molar-refractivity contribution in [3.8, 4) is 5.75 Å². The van der Waals surface area contributed by atoms with Gasteiger partial charge in [-0.15, -0.1) is 0 Å². The number of allylic oxidation sites excluding steroid dienone is 2. The molecule has 0 aromatic heterocycles. The lowest BCUT2D eigenvalue weighted by molar-refractivity contribution is 0.0439. The van der Waals surface area contributed by atoms with E-state index in [1.165, 1.54) is 5.56 Å². The first-order chi connectivity index (χ1) is 10.3. The van der Waals surface area contributed by atoms with Gasteiger partial charge >= 0.3 is 0 Å². The van der Waals surface area contributed by atoms with Crippen molar-refractivity contribution in [2.24, 2.45) is 5.92 Å². The lowest BCUT2D eigenvalue weighted by Gasteiger charge is -2.41. The Morgan fingerprint density at radius 3 is 2.48 bits per heavy atom. The number of benzene rings is 1. The van der Waals surface area contributed by atoms with E-state index in [1.54, 1.807) is 7.11 Å². The summed E-state index contributed by atoms with van der Waals surface area (Å²) in [6, 6.07) is 8.56. The molecule has 0 aliphatic carbocycles. The first-order valence-corrected chi connectivity index (χ1v) is 7.96. The molecule has 115 valence electrons. The minimum Gasteiger partial charge on any atom is -0.497 e. The van der Waals surface area contributed by atoms with Crippen molar-refractivity contribution < 1.29 is 9.47 Å². The number of hydrogen-bond acceptors (Lipinski definition) is 2. The fourth-order valence-electron chi connectivity index (χ4n) is 3.64. The van der Waals surface area contributed by atoms with Crippen LogP contribution in [0.2, 0.25) is 0 Å². The average molecular weight is 287 g/mol. The molecule has 0 amide bonds. The maximum absolute atomic E-state index is 5.56. The Labute approximate surface area is 129 Å². The first kappa shape index (κ1) is 16.1. The summed E-state index contributed by atoms with van der Waals surface area (Å²) in [5.41, 5.74) is 1.45. The molecule has 21 heavy (non-hydrogen) atoms. The highest BCUT2D eigenvalue weighted by molar-refractivity contribution is 5.37. The lowest BCUT2D eigenvalue weighted by atomic mass is 9.64.